The summed E-state index contributed by atoms with van der Waals surface area (Å²) in [6, 6.07) is 9.85. The average Bonchev–Trinajstić information content (AvgIpc) is 3.37. The summed E-state index contributed by atoms with van der Waals surface area (Å²) in [6.07, 6.45) is 5.10. The Balaban J connectivity index is 1.19. The van der Waals surface area contributed by atoms with Crippen LogP contribution in [0.4, 0.5) is 11.9 Å². The zero-order chi connectivity index (χ0) is 24.5. The summed E-state index contributed by atoms with van der Waals surface area (Å²) < 4.78 is 12.3. The first-order valence-corrected chi connectivity index (χ1v) is 12.6. The van der Waals surface area contributed by atoms with Crippen LogP contribution in [0.3, 0.4) is 0 Å². The van der Waals surface area contributed by atoms with Crippen molar-refractivity contribution in [1.29, 1.82) is 0 Å². The van der Waals surface area contributed by atoms with Gasteiger partial charge in [0.1, 0.15) is 6.10 Å². The van der Waals surface area contributed by atoms with Gasteiger partial charge < -0.3 is 25.0 Å². The van der Waals surface area contributed by atoms with Crippen LogP contribution >= 0.6 is 11.3 Å². The number of fused-ring (bicyclic) bond motifs is 1. The predicted molar refractivity (Wildman–Crippen MR) is 137 cm³/mol. The summed E-state index contributed by atoms with van der Waals surface area (Å²) >= 11 is 1.64. The number of nitrogen functional groups attached to an aromatic ring is 1. The van der Waals surface area contributed by atoms with Gasteiger partial charge in [0.15, 0.2) is 0 Å². The Morgan fingerprint density at radius 1 is 1.00 bits per heavy atom. The van der Waals surface area contributed by atoms with Gasteiger partial charge in [-0.1, -0.05) is 12.1 Å². The quantitative estimate of drug-likeness (QED) is 0.448. The van der Waals surface area contributed by atoms with Gasteiger partial charge >= 0.3 is 0 Å². The Kier molecular flexibility index (Phi) is 6.18. The van der Waals surface area contributed by atoms with E-state index in [0.717, 1.165) is 26.2 Å². The monoisotopic (exact) mass is 503 g/mol. The number of nitrogens with two attached hydrogens (primary N) is 1. The molecule has 1 unspecified atom stereocenters. The van der Waals surface area contributed by atoms with E-state index in [1.165, 1.54) is 0 Å². The molecule has 1 aromatic carbocycles. The lowest BCUT2D eigenvalue weighted by molar-refractivity contribution is 0.0303. The van der Waals surface area contributed by atoms with E-state index in [1.807, 2.05) is 35.4 Å². The van der Waals surface area contributed by atoms with E-state index in [4.69, 9.17) is 20.2 Å². The van der Waals surface area contributed by atoms with Crippen molar-refractivity contribution in [2.45, 2.75) is 6.10 Å². The SMILES string of the molecule is Nc1ncc(C2CN(c3ncc4sc(-c5ccc(C(=O)N6CCOCC6)cc5)cc4n3)CCO2)cn1. The van der Waals surface area contributed by atoms with Gasteiger partial charge in [0.25, 0.3) is 5.91 Å². The highest BCUT2D eigenvalue weighted by atomic mass is 32.1. The minimum Gasteiger partial charge on any atom is -0.378 e. The van der Waals surface area contributed by atoms with Crippen LogP contribution in [-0.2, 0) is 9.47 Å². The second-order valence-corrected chi connectivity index (χ2v) is 9.78. The van der Waals surface area contributed by atoms with Gasteiger partial charge in [0.05, 0.1) is 42.8 Å². The van der Waals surface area contributed by atoms with Crippen LogP contribution in [0.15, 0.2) is 48.9 Å². The standard InChI is InChI=1S/C25H25N7O3S/c26-24-27-12-18(13-28-24)20-15-32(7-10-35-20)25-29-14-22-19(30-25)11-21(36-22)16-1-3-17(4-2-16)23(33)31-5-8-34-9-6-31/h1-4,11-14,20H,5-10,15H2,(H2,26,27,28). The lowest BCUT2D eigenvalue weighted by atomic mass is 10.1. The number of carbonyl (C=O) groups excluding carboxylic acids is 1. The van der Waals surface area contributed by atoms with Gasteiger partial charge in [-0.05, 0) is 23.8 Å². The average molecular weight is 504 g/mol. The Bertz CT molecular complexity index is 1370. The molecule has 0 saturated carbocycles. The van der Waals surface area contributed by atoms with E-state index < -0.39 is 0 Å². The Morgan fingerprint density at radius 2 is 1.78 bits per heavy atom. The minimum atomic E-state index is -0.171. The maximum Gasteiger partial charge on any atom is 0.254 e. The van der Waals surface area contributed by atoms with Gasteiger partial charge in [-0.2, -0.15) is 0 Å². The fraction of sp³-hybridized carbons (Fsp3) is 0.320. The van der Waals surface area contributed by atoms with Gasteiger partial charge in [0.2, 0.25) is 11.9 Å². The molecule has 184 valence electrons. The molecule has 2 N–H and O–H groups in total. The van der Waals surface area contributed by atoms with E-state index in [9.17, 15) is 4.79 Å². The van der Waals surface area contributed by atoms with Crippen molar-refractivity contribution in [3.05, 3.63) is 60.0 Å². The molecule has 0 radical (unpaired) electrons. The van der Waals surface area contributed by atoms with Crippen LogP contribution in [0, 0.1) is 0 Å². The number of morpholine rings is 2. The van der Waals surface area contributed by atoms with E-state index in [0.29, 0.717) is 57.5 Å². The molecule has 1 atom stereocenters. The van der Waals surface area contributed by atoms with E-state index >= 15 is 0 Å². The Hall–Kier alpha value is -3.67. The number of amides is 1. The normalized spacial score (nSPS) is 18.5. The molecular formula is C25H25N7O3S. The molecule has 0 aliphatic carbocycles. The van der Waals surface area contributed by atoms with Gasteiger partial charge in [0, 0.05) is 48.0 Å². The molecule has 3 aromatic heterocycles. The third-order valence-corrected chi connectivity index (χ3v) is 7.49. The second-order valence-electron chi connectivity index (χ2n) is 8.69. The zero-order valence-electron chi connectivity index (χ0n) is 19.5. The van der Waals surface area contributed by atoms with Gasteiger partial charge in [-0.25, -0.2) is 19.9 Å². The molecule has 2 aliphatic rings. The second kappa shape index (κ2) is 9.76. The van der Waals surface area contributed by atoms with Gasteiger partial charge in [-0.15, -0.1) is 11.3 Å². The third kappa shape index (κ3) is 4.60. The van der Waals surface area contributed by atoms with Crippen LogP contribution in [0.25, 0.3) is 20.7 Å². The summed E-state index contributed by atoms with van der Waals surface area (Å²) in [5.41, 5.74) is 9.12. The minimum absolute atomic E-state index is 0.0473. The highest BCUT2D eigenvalue weighted by Crippen LogP contribution is 2.34. The fourth-order valence-electron chi connectivity index (χ4n) is 4.40. The Labute approximate surface area is 211 Å². The van der Waals surface area contributed by atoms with Crippen molar-refractivity contribution < 1.29 is 14.3 Å². The molecule has 0 spiro atoms. The molecule has 4 aromatic rings. The first-order valence-electron chi connectivity index (χ1n) is 11.8. The van der Waals surface area contributed by atoms with Crippen LogP contribution in [0.2, 0.25) is 0 Å². The number of benzene rings is 1. The fourth-order valence-corrected chi connectivity index (χ4v) is 5.37. The van der Waals surface area contributed by atoms with Crippen molar-refractivity contribution in [3.8, 4) is 10.4 Å². The molecule has 1 amide bonds. The summed E-state index contributed by atoms with van der Waals surface area (Å²) in [4.78, 5) is 35.4. The summed E-state index contributed by atoms with van der Waals surface area (Å²) in [5.74, 6) is 0.959. The van der Waals surface area contributed by atoms with Crippen molar-refractivity contribution >= 4 is 39.4 Å². The number of nitrogens with zero attached hydrogens (tertiary/aromatic N) is 6. The van der Waals surface area contributed by atoms with Crippen LogP contribution in [0.5, 0.6) is 0 Å². The zero-order valence-corrected chi connectivity index (χ0v) is 20.4. The molecule has 10 nitrogen and oxygen atoms in total. The number of anilines is 2. The number of hydrogen-bond donors (Lipinski definition) is 1. The molecule has 36 heavy (non-hydrogen) atoms. The smallest absolute Gasteiger partial charge is 0.254 e. The summed E-state index contributed by atoms with van der Waals surface area (Å²) in [7, 11) is 0. The maximum atomic E-state index is 12.7. The first kappa shape index (κ1) is 22.8. The topological polar surface area (TPSA) is 120 Å². The van der Waals surface area contributed by atoms with Crippen LogP contribution < -0.4 is 10.6 Å². The lowest BCUT2D eigenvalue weighted by Gasteiger charge is -2.32. The number of aromatic nitrogens is 4. The van der Waals surface area contributed by atoms with Crippen LogP contribution in [0.1, 0.15) is 22.0 Å². The van der Waals surface area contributed by atoms with Crippen molar-refractivity contribution in [3.63, 3.8) is 0 Å². The summed E-state index contributed by atoms with van der Waals surface area (Å²) in [6.45, 7) is 4.32. The first-order chi connectivity index (χ1) is 17.6. The van der Waals surface area contributed by atoms with E-state index in [2.05, 4.69) is 25.9 Å². The molecular weight excluding hydrogens is 478 g/mol. The molecule has 6 rings (SSSR count). The van der Waals surface area contributed by atoms with Crippen LogP contribution in [-0.4, -0.2) is 76.7 Å². The molecule has 2 fully saturated rings. The Morgan fingerprint density at radius 3 is 2.56 bits per heavy atom. The van der Waals surface area contributed by atoms with Crippen molar-refractivity contribution in [1.82, 2.24) is 24.8 Å². The number of thiophene rings is 1. The number of ether oxygens (including phenoxy) is 2. The third-order valence-electron chi connectivity index (χ3n) is 6.39. The van der Waals surface area contributed by atoms with E-state index in [1.54, 1.807) is 23.7 Å². The number of rotatable bonds is 4. The molecule has 2 aliphatic heterocycles. The number of hydrogen-bond acceptors (Lipinski definition) is 10. The summed E-state index contributed by atoms with van der Waals surface area (Å²) in [5, 5.41) is 0. The highest BCUT2D eigenvalue weighted by Gasteiger charge is 2.25. The lowest BCUT2D eigenvalue weighted by Crippen LogP contribution is -2.40. The molecule has 2 saturated heterocycles. The molecule has 5 heterocycles. The largest absolute Gasteiger partial charge is 0.378 e. The molecule has 11 heteroatoms. The van der Waals surface area contributed by atoms with E-state index in [-0.39, 0.29) is 18.0 Å². The predicted octanol–water partition coefficient (Wildman–Crippen LogP) is 2.78. The highest BCUT2D eigenvalue weighted by molar-refractivity contribution is 7.22. The van der Waals surface area contributed by atoms with Crippen molar-refractivity contribution in [2.24, 2.45) is 0 Å². The number of carbonyl (C=O) groups is 1. The van der Waals surface area contributed by atoms with Crippen molar-refractivity contribution in [2.75, 3.05) is 56.6 Å². The molecule has 0 bridgehead atoms. The van der Waals surface area contributed by atoms with Gasteiger partial charge in [-0.3, -0.25) is 4.79 Å². The maximum absolute atomic E-state index is 12.7.